The Hall–Kier alpha value is -3.68. The number of hydrogen-bond acceptors (Lipinski definition) is 3. The van der Waals surface area contributed by atoms with Gasteiger partial charge in [0.05, 0.1) is 17.0 Å². The van der Waals surface area contributed by atoms with Gasteiger partial charge in [-0.2, -0.15) is 0 Å². The Morgan fingerprint density at radius 2 is 1.81 bits per heavy atom. The second-order valence-electron chi connectivity index (χ2n) is 10.4. The van der Waals surface area contributed by atoms with Gasteiger partial charge in [0.2, 0.25) is 0 Å². The van der Waals surface area contributed by atoms with Gasteiger partial charge in [-0.1, -0.05) is 56.0 Å². The topological polar surface area (TPSA) is 80.1 Å². The number of nitrogens with one attached hydrogen (secondary N) is 1. The monoisotopic (exact) mass is 497 g/mol. The van der Waals surface area contributed by atoms with Gasteiger partial charge in [0.25, 0.3) is 0 Å². The average molecular weight is 498 g/mol. The summed E-state index contributed by atoms with van der Waals surface area (Å²) >= 11 is 0. The number of rotatable bonds is 8. The molecule has 0 aliphatic carbocycles. The molecule has 0 bridgehead atoms. The summed E-state index contributed by atoms with van der Waals surface area (Å²) in [6, 6.07) is 19.0. The van der Waals surface area contributed by atoms with E-state index in [1.54, 1.807) is 12.3 Å². The van der Waals surface area contributed by atoms with E-state index < -0.39 is 14.0 Å². The molecule has 0 aliphatic rings. The number of carbonyl (C=O) groups is 1. The van der Waals surface area contributed by atoms with Gasteiger partial charge in [0, 0.05) is 43.6 Å². The van der Waals surface area contributed by atoms with Crippen LogP contribution in [-0.4, -0.2) is 40.3 Å². The Labute approximate surface area is 211 Å². The minimum absolute atomic E-state index is 0.258. The molecule has 0 fully saturated rings. The van der Waals surface area contributed by atoms with E-state index >= 15 is 0 Å². The zero-order valence-corrected chi connectivity index (χ0v) is 22.1. The van der Waals surface area contributed by atoms with Gasteiger partial charge in [-0.3, -0.25) is 0 Å². The Kier molecular flexibility index (Phi) is 6.28. The highest BCUT2D eigenvalue weighted by molar-refractivity contribution is 6.76. The second kappa shape index (κ2) is 9.41. The Balaban J connectivity index is 1.75. The number of hydrogen-bond donors (Lipinski definition) is 2. The van der Waals surface area contributed by atoms with E-state index in [9.17, 15) is 9.90 Å². The largest absolute Gasteiger partial charge is 0.478 e. The molecule has 36 heavy (non-hydrogen) atoms. The highest BCUT2D eigenvalue weighted by Crippen LogP contribution is 2.39. The molecule has 0 spiro atoms. The summed E-state index contributed by atoms with van der Waals surface area (Å²) in [5.74, 6) is -0.962. The van der Waals surface area contributed by atoms with Gasteiger partial charge in [-0.25, -0.2) is 9.78 Å². The summed E-state index contributed by atoms with van der Waals surface area (Å²) < 4.78 is 8.24. The molecule has 5 rings (SSSR count). The number of carboxylic acids is 1. The smallest absolute Gasteiger partial charge is 0.337 e. The zero-order valence-electron chi connectivity index (χ0n) is 21.1. The molecule has 5 aromatic rings. The predicted octanol–water partition coefficient (Wildman–Crippen LogP) is 7.17. The molecule has 6 nitrogen and oxygen atoms in total. The van der Waals surface area contributed by atoms with Crippen molar-refractivity contribution in [1.82, 2.24) is 14.5 Å². The van der Waals surface area contributed by atoms with E-state index in [1.165, 1.54) is 0 Å². The van der Waals surface area contributed by atoms with Crippen molar-refractivity contribution in [3.8, 4) is 22.5 Å². The number of fused-ring (bicyclic) bond motifs is 2. The fourth-order valence-corrected chi connectivity index (χ4v) is 5.49. The second-order valence-corrected chi connectivity index (χ2v) is 16.1. The SMILES string of the molecule is Cc1ccc(-c2c(C(=O)O)cc(-c3ccnc4[nH]ccc34)n2COCC[Si](C)(C)C)c2ccccc12. The van der Waals surface area contributed by atoms with E-state index in [0.717, 1.165) is 50.2 Å². The van der Waals surface area contributed by atoms with E-state index in [4.69, 9.17) is 4.74 Å². The molecule has 0 saturated heterocycles. The fraction of sp³-hybridized carbons (Fsp3) is 0.241. The molecule has 2 N–H and O–H groups in total. The van der Waals surface area contributed by atoms with Crippen LogP contribution in [0.25, 0.3) is 44.3 Å². The Morgan fingerprint density at radius 1 is 1.03 bits per heavy atom. The number of carboxylic acid groups (broad SMARTS) is 1. The first-order valence-corrected chi connectivity index (χ1v) is 15.9. The number of aromatic amines is 1. The minimum atomic E-state index is -1.27. The first-order valence-electron chi connectivity index (χ1n) is 12.2. The number of aromatic carboxylic acids is 1. The molecule has 0 amide bonds. The minimum Gasteiger partial charge on any atom is -0.478 e. The van der Waals surface area contributed by atoms with Crippen LogP contribution in [0.5, 0.6) is 0 Å². The third-order valence-electron chi connectivity index (χ3n) is 6.68. The van der Waals surface area contributed by atoms with Crippen LogP contribution in [0.2, 0.25) is 25.7 Å². The summed E-state index contributed by atoms with van der Waals surface area (Å²) in [4.78, 5) is 20.2. The van der Waals surface area contributed by atoms with Crippen LogP contribution in [0.3, 0.4) is 0 Å². The first-order chi connectivity index (χ1) is 17.2. The van der Waals surface area contributed by atoms with Gasteiger partial charge < -0.3 is 19.4 Å². The lowest BCUT2D eigenvalue weighted by molar-refractivity contribution is 0.0696. The predicted molar refractivity (Wildman–Crippen MR) is 148 cm³/mol. The molecular weight excluding hydrogens is 466 g/mol. The Bertz CT molecular complexity index is 1580. The van der Waals surface area contributed by atoms with Crippen molar-refractivity contribution in [2.45, 2.75) is 39.3 Å². The summed E-state index contributed by atoms with van der Waals surface area (Å²) in [6.07, 6.45) is 3.60. The van der Waals surface area contributed by atoms with E-state index in [1.807, 2.05) is 41.1 Å². The van der Waals surface area contributed by atoms with Crippen molar-refractivity contribution in [1.29, 1.82) is 0 Å². The number of pyridine rings is 1. The van der Waals surface area contributed by atoms with Crippen molar-refractivity contribution in [2.75, 3.05) is 6.61 Å². The first kappa shape index (κ1) is 24.0. The van der Waals surface area contributed by atoms with Crippen LogP contribution in [0.15, 0.2) is 67.0 Å². The lowest BCUT2D eigenvalue weighted by atomic mass is 9.97. The number of nitrogens with zero attached hydrogens (tertiary/aromatic N) is 2. The van der Waals surface area contributed by atoms with Gasteiger partial charge in [0.1, 0.15) is 12.4 Å². The van der Waals surface area contributed by atoms with Crippen LogP contribution in [-0.2, 0) is 11.5 Å². The quantitative estimate of drug-likeness (QED) is 0.176. The van der Waals surface area contributed by atoms with Crippen molar-refractivity contribution < 1.29 is 14.6 Å². The molecule has 7 heteroatoms. The van der Waals surface area contributed by atoms with Crippen molar-refractivity contribution in [2.24, 2.45) is 0 Å². The molecule has 0 saturated carbocycles. The normalized spacial score (nSPS) is 12.0. The molecular formula is C29H31N3O3Si. The van der Waals surface area contributed by atoms with Gasteiger partial charge in [-0.05, 0) is 47.5 Å². The zero-order chi connectivity index (χ0) is 25.4. The van der Waals surface area contributed by atoms with E-state index in [-0.39, 0.29) is 12.3 Å². The van der Waals surface area contributed by atoms with Gasteiger partial charge in [-0.15, -0.1) is 0 Å². The molecule has 184 valence electrons. The molecule has 0 radical (unpaired) electrons. The third-order valence-corrected chi connectivity index (χ3v) is 8.38. The third kappa shape index (κ3) is 4.47. The maximum atomic E-state index is 12.6. The molecule has 0 atom stereocenters. The maximum absolute atomic E-state index is 12.6. The summed E-state index contributed by atoms with van der Waals surface area (Å²) in [7, 11) is -1.27. The van der Waals surface area contributed by atoms with Gasteiger partial charge >= 0.3 is 5.97 Å². The summed E-state index contributed by atoms with van der Waals surface area (Å²) in [6.45, 7) is 9.95. The maximum Gasteiger partial charge on any atom is 0.337 e. The van der Waals surface area contributed by atoms with Crippen LogP contribution in [0.4, 0.5) is 0 Å². The molecule has 3 aromatic heterocycles. The standard InChI is InChI=1S/C29H31N3O3Si/c1-19-9-10-23(21-8-6-5-7-20(19)21)27-25(29(33)34)17-26(32(27)18-35-15-16-36(2,3)4)22-11-13-30-28-24(22)12-14-31-28/h5-14,17H,15-16,18H2,1-4H3,(H,30,31)(H,33,34). The number of aryl methyl sites for hydroxylation is 1. The van der Waals surface area contributed by atoms with Crippen LogP contribution < -0.4 is 0 Å². The van der Waals surface area contributed by atoms with Crippen molar-refractivity contribution >= 4 is 35.8 Å². The highest BCUT2D eigenvalue weighted by Gasteiger charge is 2.25. The van der Waals surface area contributed by atoms with E-state index in [0.29, 0.717) is 12.3 Å². The van der Waals surface area contributed by atoms with Crippen LogP contribution in [0, 0.1) is 6.92 Å². The molecule has 3 heterocycles. The van der Waals surface area contributed by atoms with Crippen LogP contribution in [0.1, 0.15) is 15.9 Å². The van der Waals surface area contributed by atoms with Crippen LogP contribution >= 0.6 is 0 Å². The number of ether oxygens (including phenoxy) is 1. The number of H-pyrrole nitrogens is 1. The highest BCUT2D eigenvalue weighted by atomic mass is 28.3. The summed E-state index contributed by atoms with van der Waals surface area (Å²) in [5.41, 5.74) is 5.43. The molecule has 2 aromatic carbocycles. The van der Waals surface area contributed by atoms with E-state index in [2.05, 4.69) is 54.7 Å². The summed E-state index contributed by atoms with van der Waals surface area (Å²) in [5, 5.41) is 13.4. The number of aromatic nitrogens is 3. The molecule has 0 unspecified atom stereocenters. The van der Waals surface area contributed by atoms with Gasteiger partial charge in [0.15, 0.2) is 0 Å². The van der Waals surface area contributed by atoms with Crippen molar-refractivity contribution in [3.05, 3.63) is 78.1 Å². The number of benzene rings is 2. The Morgan fingerprint density at radius 3 is 2.56 bits per heavy atom. The van der Waals surface area contributed by atoms with Crippen molar-refractivity contribution in [3.63, 3.8) is 0 Å². The average Bonchev–Trinajstić information content (AvgIpc) is 3.47. The fourth-order valence-electron chi connectivity index (χ4n) is 4.73. The molecule has 0 aliphatic heterocycles. The lowest BCUT2D eigenvalue weighted by Crippen LogP contribution is -2.22. The lowest BCUT2D eigenvalue weighted by Gasteiger charge is -2.19.